The number of benzene rings is 1. The Bertz CT molecular complexity index is 1380. The van der Waals surface area contributed by atoms with Gasteiger partial charge in [-0.05, 0) is 53.7 Å². The van der Waals surface area contributed by atoms with Gasteiger partial charge in [-0.2, -0.15) is 0 Å². The fourth-order valence-corrected chi connectivity index (χ4v) is 6.16. The standard InChI is InChI=1S/C23H19BrFN5O2S/c1-11-27-19(20(33-11)12-3-4-18(32-2)26-10-12)21(31)30-6-5-13-9-23(13,30)22-28-16-7-14(24)15(25)8-17(16)29-22/h3-4,7-8,10,13H,5-6,9H2,1-2H3,(H,28,29)/t13-,23+/m1/s1. The summed E-state index contributed by atoms with van der Waals surface area (Å²) in [5, 5.41) is 0.814. The molecule has 33 heavy (non-hydrogen) atoms. The van der Waals surface area contributed by atoms with E-state index in [9.17, 15) is 9.18 Å². The summed E-state index contributed by atoms with van der Waals surface area (Å²) in [6.45, 7) is 2.53. The summed E-state index contributed by atoms with van der Waals surface area (Å²) in [6.07, 6.45) is 3.45. The quantitative estimate of drug-likeness (QED) is 0.401. The number of aromatic amines is 1. The summed E-state index contributed by atoms with van der Waals surface area (Å²) in [7, 11) is 1.57. The van der Waals surface area contributed by atoms with Gasteiger partial charge < -0.3 is 14.6 Å². The largest absolute Gasteiger partial charge is 0.481 e. The van der Waals surface area contributed by atoms with Crippen molar-refractivity contribution in [3.05, 3.63) is 57.3 Å². The molecule has 4 aromatic rings. The number of nitrogens with zero attached hydrogens (tertiary/aromatic N) is 4. The van der Waals surface area contributed by atoms with Gasteiger partial charge in [-0.3, -0.25) is 4.79 Å². The van der Waals surface area contributed by atoms with Crippen molar-refractivity contribution in [1.82, 2.24) is 24.8 Å². The zero-order valence-corrected chi connectivity index (χ0v) is 20.3. The summed E-state index contributed by atoms with van der Waals surface area (Å²) >= 11 is 4.71. The van der Waals surface area contributed by atoms with E-state index in [0.29, 0.717) is 39.9 Å². The lowest BCUT2D eigenvalue weighted by Crippen LogP contribution is -2.39. The van der Waals surface area contributed by atoms with Crippen LogP contribution in [-0.4, -0.2) is 44.4 Å². The van der Waals surface area contributed by atoms with Crippen LogP contribution < -0.4 is 4.74 Å². The Morgan fingerprint density at radius 2 is 2.21 bits per heavy atom. The van der Waals surface area contributed by atoms with Gasteiger partial charge in [0.25, 0.3) is 5.91 Å². The maximum atomic E-state index is 14.0. The van der Waals surface area contributed by atoms with Crippen molar-refractivity contribution in [2.24, 2.45) is 5.92 Å². The molecule has 10 heteroatoms. The molecule has 1 saturated heterocycles. The molecule has 1 amide bonds. The summed E-state index contributed by atoms with van der Waals surface area (Å²) in [5.74, 6) is 1.09. The summed E-state index contributed by atoms with van der Waals surface area (Å²) in [4.78, 5) is 33.4. The number of hydrogen-bond acceptors (Lipinski definition) is 6. The van der Waals surface area contributed by atoms with Gasteiger partial charge in [-0.25, -0.2) is 19.3 Å². The molecule has 2 atom stereocenters. The number of aromatic nitrogens is 4. The second-order valence-corrected chi connectivity index (χ2v) is 10.5. The number of methoxy groups -OCH3 is 1. The Morgan fingerprint density at radius 1 is 1.36 bits per heavy atom. The number of aryl methyl sites for hydroxylation is 1. The van der Waals surface area contributed by atoms with Gasteiger partial charge in [0.1, 0.15) is 22.9 Å². The fraction of sp³-hybridized carbons (Fsp3) is 0.304. The predicted molar refractivity (Wildman–Crippen MR) is 126 cm³/mol. The SMILES string of the molecule is COc1ccc(-c2sc(C)nc2C(=O)N2CC[C@@H]3C[C@@]32c2nc3cc(F)c(Br)cc3[nH]2)cn1. The Labute approximate surface area is 201 Å². The van der Waals surface area contributed by atoms with Crippen LogP contribution in [0.2, 0.25) is 0 Å². The molecule has 6 rings (SSSR count). The number of carbonyl (C=O) groups is 1. The number of H-pyrrole nitrogens is 1. The van der Waals surface area contributed by atoms with E-state index in [1.54, 1.807) is 25.4 Å². The number of amides is 1. The summed E-state index contributed by atoms with van der Waals surface area (Å²) in [6, 6.07) is 6.77. The molecule has 1 aliphatic heterocycles. The van der Waals surface area contributed by atoms with Gasteiger partial charge in [-0.1, -0.05) is 0 Å². The first-order chi connectivity index (χ1) is 15.9. The van der Waals surface area contributed by atoms with Crippen molar-refractivity contribution in [2.45, 2.75) is 25.3 Å². The molecular weight excluding hydrogens is 509 g/mol. The first-order valence-corrected chi connectivity index (χ1v) is 12.2. The number of nitrogens with one attached hydrogen (secondary N) is 1. The van der Waals surface area contributed by atoms with Crippen molar-refractivity contribution in [1.29, 1.82) is 0 Å². The number of ether oxygens (including phenoxy) is 1. The van der Waals surface area contributed by atoms with Crippen LogP contribution in [0.4, 0.5) is 4.39 Å². The highest BCUT2D eigenvalue weighted by molar-refractivity contribution is 9.10. The van der Waals surface area contributed by atoms with Crippen molar-refractivity contribution < 1.29 is 13.9 Å². The van der Waals surface area contributed by atoms with Crippen LogP contribution in [0.25, 0.3) is 21.5 Å². The lowest BCUT2D eigenvalue weighted by molar-refractivity contribution is 0.0676. The van der Waals surface area contributed by atoms with Gasteiger partial charge >= 0.3 is 0 Å². The molecule has 0 spiro atoms. The molecule has 2 aliphatic rings. The molecule has 1 aliphatic carbocycles. The van der Waals surface area contributed by atoms with E-state index in [-0.39, 0.29) is 11.7 Å². The number of imidazole rings is 1. The third kappa shape index (κ3) is 3.11. The Balaban J connectivity index is 1.39. The minimum absolute atomic E-state index is 0.113. The molecule has 7 nitrogen and oxygen atoms in total. The second kappa shape index (κ2) is 7.33. The third-order valence-corrected chi connectivity index (χ3v) is 8.21. The van der Waals surface area contributed by atoms with Crippen LogP contribution in [-0.2, 0) is 5.54 Å². The smallest absolute Gasteiger partial charge is 0.274 e. The average Bonchev–Trinajstić information content (AvgIpc) is 3.09. The fourth-order valence-electron chi connectivity index (χ4n) is 4.91. The van der Waals surface area contributed by atoms with E-state index in [2.05, 4.69) is 35.9 Å². The lowest BCUT2D eigenvalue weighted by atomic mass is 10.1. The van der Waals surface area contributed by atoms with Gasteiger partial charge in [0.05, 0.1) is 32.5 Å². The minimum Gasteiger partial charge on any atom is -0.481 e. The highest BCUT2D eigenvalue weighted by Gasteiger charge is 2.66. The normalized spacial score (nSPS) is 21.5. The first-order valence-electron chi connectivity index (χ1n) is 10.6. The van der Waals surface area contributed by atoms with E-state index < -0.39 is 5.54 Å². The Kier molecular flexibility index (Phi) is 4.60. The molecule has 0 unspecified atom stereocenters. The Hall–Kier alpha value is -2.85. The number of piperidine rings is 1. The number of thiazole rings is 1. The first kappa shape index (κ1) is 20.7. The average molecular weight is 528 g/mol. The number of rotatable bonds is 4. The van der Waals surface area contributed by atoms with Gasteiger partial charge in [-0.15, -0.1) is 11.3 Å². The molecule has 1 aromatic carbocycles. The lowest BCUT2D eigenvalue weighted by Gasteiger charge is -2.26. The highest BCUT2D eigenvalue weighted by Crippen LogP contribution is 2.62. The van der Waals surface area contributed by atoms with E-state index in [1.165, 1.54) is 17.4 Å². The van der Waals surface area contributed by atoms with Crippen molar-refractivity contribution in [2.75, 3.05) is 13.7 Å². The molecule has 2 fully saturated rings. The van der Waals surface area contributed by atoms with E-state index in [0.717, 1.165) is 33.8 Å². The molecule has 1 N–H and O–H groups in total. The molecule has 168 valence electrons. The number of likely N-dealkylation sites (tertiary alicyclic amines) is 1. The second-order valence-electron chi connectivity index (χ2n) is 8.44. The van der Waals surface area contributed by atoms with E-state index in [4.69, 9.17) is 4.74 Å². The van der Waals surface area contributed by atoms with Crippen LogP contribution in [0.15, 0.2) is 34.9 Å². The molecular formula is C23H19BrFN5O2S. The van der Waals surface area contributed by atoms with E-state index >= 15 is 0 Å². The Morgan fingerprint density at radius 3 is 2.94 bits per heavy atom. The van der Waals surface area contributed by atoms with E-state index in [1.807, 2.05) is 17.9 Å². The topological polar surface area (TPSA) is 84.0 Å². The summed E-state index contributed by atoms with van der Waals surface area (Å²) in [5.41, 5.74) is 2.06. The summed E-state index contributed by atoms with van der Waals surface area (Å²) < 4.78 is 19.6. The maximum Gasteiger partial charge on any atom is 0.274 e. The number of fused-ring (bicyclic) bond motifs is 2. The van der Waals surface area contributed by atoms with Gasteiger partial charge in [0.15, 0.2) is 0 Å². The maximum absolute atomic E-state index is 14.0. The van der Waals surface area contributed by atoms with Crippen molar-refractivity contribution in [3.8, 4) is 16.3 Å². The van der Waals surface area contributed by atoms with Crippen LogP contribution in [0.3, 0.4) is 0 Å². The monoisotopic (exact) mass is 527 g/mol. The molecule has 4 heterocycles. The van der Waals surface area contributed by atoms with Crippen molar-refractivity contribution in [3.63, 3.8) is 0 Å². The molecule has 0 radical (unpaired) electrons. The zero-order chi connectivity index (χ0) is 22.9. The predicted octanol–water partition coefficient (Wildman–Crippen LogP) is 5.06. The number of hydrogen-bond donors (Lipinski definition) is 1. The van der Waals surface area contributed by atoms with Crippen LogP contribution in [0.1, 0.15) is 34.2 Å². The highest BCUT2D eigenvalue weighted by atomic mass is 79.9. The van der Waals surface area contributed by atoms with Crippen LogP contribution in [0.5, 0.6) is 5.88 Å². The molecule has 0 bridgehead atoms. The minimum atomic E-state index is -0.494. The van der Waals surface area contributed by atoms with Crippen molar-refractivity contribution >= 4 is 44.2 Å². The molecule has 3 aromatic heterocycles. The zero-order valence-electron chi connectivity index (χ0n) is 17.9. The number of halogens is 2. The van der Waals surface area contributed by atoms with Crippen LogP contribution in [0, 0.1) is 18.7 Å². The number of pyridine rings is 1. The number of carbonyl (C=O) groups excluding carboxylic acids is 1. The molecule has 1 saturated carbocycles. The third-order valence-electron chi connectivity index (χ3n) is 6.58. The van der Waals surface area contributed by atoms with Crippen LogP contribution >= 0.6 is 27.3 Å². The van der Waals surface area contributed by atoms with Gasteiger partial charge in [0, 0.05) is 30.4 Å². The van der Waals surface area contributed by atoms with Gasteiger partial charge in [0.2, 0.25) is 5.88 Å².